The van der Waals surface area contributed by atoms with Crippen LogP contribution in [0.25, 0.3) is 0 Å². The Bertz CT molecular complexity index is 227. The summed E-state index contributed by atoms with van der Waals surface area (Å²) in [6, 6.07) is 0.666. The Morgan fingerprint density at radius 1 is 1.13 bits per heavy atom. The second kappa shape index (κ2) is 3.74. The van der Waals surface area contributed by atoms with Crippen molar-refractivity contribution in [3.8, 4) is 0 Å². The van der Waals surface area contributed by atoms with E-state index in [0.717, 1.165) is 6.54 Å². The van der Waals surface area contributed by atoms with Crippen LogP contribution < -0.4 is 5.32 Å². The van der Waals surface area contributed by atoms with Crippen LogP contribution in [-0.2, 0) is 0 Å². The summed E-state index contributed by atoms with van der Waals surface area (Å²) in [5, 5.41) is 3.83. The molecule has 0 radical (unpaired) electrons. The van der Waals surface area contributed by atoms with Crippen LogP contribution in [0.15, 0.2) is 0 Å². The van der Waals surface area contributed by atoms with E-state index in [1.807, 2.05) is 0 Å². The Kier molecular flexibility index (Phi) is 2.85. The van der Waals surface area contributed by atoms with Crippen molar-refractivity contribution < 1.29 is 0 Å². The molecule has 1 aliphatic heterocycles. The third-order valence-corrected chi connectivity index (χ3v) is 4.33. The number of piperazine rings is 1. The fourth-order valence-corrected chi connectivity index (χ4v) is 3.37. The van der Waals surface area contributed by atoms with E-state index < -0.39 is 0 Å². The van der Waals surface area contributed by atoms with E-state index >= 15 is 0 Å². The summed E-state index contributed by atoms with van der Waals surface area (Å²) in [6.07, 6.45) is 5.59. The molecular formula is C13H26N2. The van der Waals surface area contributed by atoms with Crippen molar-refractivity contribution in [1.29, 1.82) is 0 Å². The van der Waals surface area contributed by atoms with Crippen LogP contribution in [0.2, 0.25) is 0 Å². The highest BCUT2D eigenvalue weighted by molar-refractivity contribution is 5.04. The molecule has 1 N–H and O–H groups in total. The largest absolute Gasteiger partial charge is 0.308 e. The molecule has 0 unspecified atom stereocenters. The highest BCUT2D eigenvalue weighted by Crippen LogP contribution is 2.36. The van der Waals surface area contributed by atoms with Crippen LogP contribution in [0.4, 0.5) is 0 Å². The first-order valence-electron chi connectivity index (χ1n) is 6.47. The van der Waals surface area contributed by atoms with Crippen molar-refractivity contribution in [1.82, 2.24) is 10.2 Å². The highest BCUT2D eigenvalue weighted by atomic mass is 15.3. The zero-order valence-corrected chi connectivity index (χ0v) is 10.8. The molecule has 0 aromatic rings. The summed E-state index contributed by atoms with van der Waals surface area (Å²) in [5.74, 6) is 0. The van der Waals surface area contributed by atoms with E-state index in [1.165, 1.54) is 32.2 Å². The summed E-state index contributed by atoms with van der Waals surface area (Å²) in [4.78, 5) is 2.69. The average Bonchev–Trinajstić information content (AvgIpc) is 2.59. The van der Waals surface area contributed by atoms with Gasteiger partial charge in [-0.1, -0.05) is 12.8 Å². The molecule has 1 heterocycles. The van der Waals surface area contributed by atoms with E-state index in [-0.39, 0.29) is 0 Å². The molecule has 1 aliphatic carbocycles. The van der Waals surface area contributed by atoms with Crippen LogP contribution >= 0.6 is 0 Å². The molecule has 2 aliphatic rings. The average molecular weight is 210 g/mol. The molecule has 0 atom stereocenters. The van der Waals surface area contributed by atoms with E-state index in [0.29, 0.717) is 17.1 Å². The summed E-state index contributed by atoms with van der Waals surface area (Å²) in [7, 11) is 0. The van der Waals surface area contributed by atoms with Gasteiger partial charge in [0.2, 0.25) is 0 Å². The van der Waals surface area contributed by atoms with Crippen molar-refractivity contribution in [2.24, 2.45) is 0 Å². The van der Waals surface area contributed by atoms with Gasteiger partial charge in [0.05, 0.1) is 0 Å². The van der Waals surface area contributed by atoms with Crippen LogP contribution in [0.3, 0.4) is 0 Å². The molecule has 1 saturated heterocycles. The van der Waals surface area contributed by atoms with Gasteiger partial charge in [-0.25, -0.2) is 0 Å². The fourth-order valence-electron chi connectivity index (χ4n) is 3.37. The zero-order valence-electron chi connectivity index (χ0n) is 10.8. The number of nitrogens with one attached hydrogen (secondary N) is 1. The molecule has 2 heteroatoms. The van der Waals surface area contributed by atoms with Gasteiger partial charge in [0.25, 0.3) is 0 Å². The van der Waals surface area contributed by atoms with Crippen molar-refractivity contribution in [3.05, 3.63) is 0 Å². The molecule has 88 valence electrons. The maximum Gasteiger partial charge on any atom is 0.0309 e. The van der Waals surface area contributed by atoms with Crippen LogP contribution in [0, 0.1) is 0 Å². The van der Waals surface area contributed by atoms with E-state index in [1.54, 1.807) is 0 Å². The Morgan fingerprint density at radius 2 is 1.73 bits per heavy atom. The number of hydrogen-bond donors (Lipinski definition) is 1. The van der Waals surface area contributed by atoms with Gasteiger partial charge in [-0.2, -0.15) is 0 Å². The number of nitrogens with zero attached hydrogens (tertiary/aromatic N) is 1. The fraction of sp³-hybridized carbons (Fsp3) is 1.00. The SMILES string of the molecule is CC(C)N1CC2(CCCC2)NCC1(C)C. The first-order valence-corrected chi connectivity index (χ1v) is 6.47. The predicted octanol–water partition coefficient (Wildman–Crippen LogP) is 2.39. The third-order valence-electron chi connectivity index (χ3n) is 4.33. The molecule has 2 nitrogen and oxygen atoms in total. The van der Waals surface area contributed by atoms with Crippen LogP contribution in [-0.4, -0.2) is 35.1 Å². The van der Waals surface area contributed by atoms with Gasteiger partial charge >= 0.3 is 0 Å². The van der Waals surface area contributed by atoms with Crippen molar-refractivity contribution in [2.75, 3.05) is 13.1 Å². The topological polar surface area (TPSA) is 15.3 Å². The lowest BCUT2D eigenvalue weighted by molar-refractivity contribution is 0.00463. The van der Waals surface area contributed by atoms with Gasteiger partial charge in [0, 0.05) is 30.2 Å². The van der Waals surface area contributed by atoms with Crippen LogP contribution in [0.1, 0.15) is 53.4 Å². The van der Waals surface area contributed by atoms with Crippen molar-refractivity contribution >= 4 is 0 Å². The summed E-state index contributed by atoms with van der Waals surface area (Å²) < 4.78 is 0. The van der Waals surface area contributed by atoms with Gasteiger partial charge in [0.15, 0.2) is 0 Å². The van der Waals surface area contributed by atoms with E-state index in [9.17, 15) is 0 Å². The lowest BCUT2D eigenvalue weighted by Gasteiger charge is -2.52. The molecule has 1 saturated carbocycles. The molecule has 1 spiro atoms. The molecule has 0 amide bonds. The lowest BCUT2D eigenvalue weighted by atomic mass is 9.86. The maximum atomic E-state index is 3.83. The minimum atomic E-state index is 0.321. The molecule has 2 rings (SSSR count). The smallest absolute Gasteiger partial charge is 0.0309 e. The Hall–Kier alpha value is -0.0800. The van der Waals surface area contributed by atoms with Crippen molar-refractivity contribution in [3.63, 3.8) is 0 Å². The highest BCUT2D eigenvalue weighted by Gasteiger charge is 2.44. The Morgan fingerprint density at radius 3 is 2.27 bits per heavy atom. The van der Waals surface area contributed by atoms with Gasteiger partial charge in [0.1, 0.15) is 0 Å². The first kappa shape index (κ1) is 11.4. The molecular weight excluding hydrogens is 184 g/mol. The number of rotatable bonds is 1. The minimum Gasteiger partial charge on any atom is -0.308 e. The Labute approximate surface area is 94.4 Å². The van der Waals surface area contributed by atoms with Gasteiger partial charge in [-0.05, 0) is 40.5 Å². The molecule has 0 aromatic carbocycles. The van der Waals surface area contributed by atoms with Crippen molar-refractivity contribution in [2.45, 2.75) is 70.5 Å². The third kappa shape index (κ3) is 2.07. The second-order valence-electron chi connectivity index (χ2n) is 6.38. The monoisotopic (exact) mass is 210 g/mol. The Balaban J connectivity index is 2.12. The summed E-state index contributed by atoms with van der Waals surface area (Å²) >= 11 is 0. The minimum absolute atomic E-state index is 0.321. The predicted molar refractivity (Wildman–Crippen MR) is 65.1 cm³/mol. The standard InChI is InChI=1S/C13H26N2/c1-11(2)15-10-13(7-5-6-8-13)14-9-12(15,3)4/h11,14H,5-10H2,1-4H3. The number of hydrogen-bond acceptors (Lipinski definition) is 2. The second-order valence-corrected chi connectivity index (χ2v) is 6.38. The first-order chi connectivity index (χ1) is 6.95. The normalized spacial score (nSPS) is 30.2. The van der Waals surface area contributed by atoms with Crippen LogP contribution in [0.5, 0.6) is 0 Å². The summed E-state index contributed by atoms with van der Waals surface area (Å²) in [5.41, 5.74) is 0.780. The van der Waals surface area contributed by atoms with Gasteiger partial charge in [-0.3, -0.25) is 4.90 Å². The van der Waals surface area contributed by atoms with Gasteiger partial charge < -0.3 is 5.32 Å². The molecule has 2 fully saturated rings. The quantitative estimate of drug-likeness (QED) is 0.715. The maximum absolute atomic E-state index is 3.83. The lowest BCUT2D eigenvalue weighted by Crippen LogP contribution is -2.68. The summed E-state index contributed by atoms with van der Waals surface area (Å²) in [6.45, 7) is 11.8. The molecule has 0 aromatic heterocycles. The van der Waals surface area contributed by atoms with E-state index in [2.05, 4.69) is 37.9 Å². The molecule has 0 bridgehead atoms. The zero-order chi connectivity index (χ0) is 11.1. The van der Waals surface area contributed by atoms with E-state index in [4.69, 9.17) is 0 Å². The van der Waals surface area contributed by atoms with Gasteiger partial charge in [-0.15, -0.1) is 0 Å². The molecule has 15 heavy (non-hydrogen) atoms.